The van der Waals surface area contributed by atoms with E-state index in [1.165, 1.54) is 43.2 Å². The van der Waals surface area contributed by atoms with Gasteiger partial charge in [-0.3, -0.25) is 4.79 Å². The summed E-state index contributed by atoms with van der Waals surface area (Å²) in [6, 6.07) is 8.95. The molecule has 0 bridgehead atoms. The fourth-order valence-corrected chi connectivity index (χ4v) is 5.63. The molecule has 1 spiro atoms. The number of aryl methyl sites for hydroxylation is 1. The third kappa shape index (κ3) is 2.67. The molecule has 3 atom stereocenters. The number of piperidine rings is 1. The molecule has 130 valence electrons. The van der Waals surface area contributed by atoms with Gasteiger partial charge in [0.1, 0.15) is 0 Å². The Bertz CT molecular complexity index is 614. The lowest BCUT2D eigenvalue weighted by Crippen LogP contribution is -2.52. The Hall–Kier alpha value is -1.35. The lowest BCUT2D eigenvalue weighted by Gasteiger charge is -2.47. The topological polar surface area (TPSA) is 46.3 Å². The molecule has 0 aromatic heterocycles. The Labute approximate surface area is 145 Å². The zero-order valence-electron chi connectivity index (χ0n) is 14.7. The van der Waals surface area contributed by atoms with Gasteiger partial charge in [0.15, 0.2) is 0 Å². The van der Waals surface area contributed by atoms with Crippen molar-refractivity contribution >= 4 is 5.91 Å². The van der Waals surface area contributed by atoms with Gasteiger partial charge in [0.2, 0.25) is 5.91 Å². The number of benzene rings is 1. The Balaban J connectivity index is 1.57. The van der Waals surface area contributed by atoms with Gasteiger partial charge in [-0.05, 0) is 68.5 Å². The van der Waals surface area contributed by atoms with Crippen molar-refractivity contribution in [3.8, 4) is 0 Å². The van der Waals surface area contributed by atoms with Crippen molar-refractivity contribution in [3.63, 3.8) is 0 Å². The number of nitrogens with zero attached hydrogens (tertiary/aromatic N) is 1. The minimum atomic E-state index is 0.184. The molecule has 3 nitrogen and oxygen atoms in total. The van der Waals surface area contributed by atoms with Gasteiger partial charge in [0.05, 0.1) is 0 Å². The zero-order valence-corrected chi connectivity index (χ0v) is 14.7. The highest BCUT2D eigenvalue weighted by atomic mass is 16.2. The SMILES string of the molecule is NC[C@H]1CCC[C@H]1C(=O)N1CCCC2(CCCc3ccccc32)C1. The summed E-state index contributed by atoms with van der Waals surface area (Å²) in [7, 11) is 0. The quantitative estimate of drug-likeness (QED) is 0.907. The number of nitrogens with two attached hydrogens (primary N) is 1. The van der Waals surface area contributed by atoms with Crippen molar-refractivity contribution in [2.45, 2.75) is 56.8 Å². The molecule has 4 rings (SSSR count). The molecular formula is C21H30N2O. The molecule has 1 heterocycles. The van der Waals surface area contributed by atoms with Gasteiger partial charge in [-0.2, -0.15) is 0 Å². The van der Waals surface area contributed by atoms with Gasteiger partial charge >= 0.3 is 0 Å². The van der Waals surface area contributed by atoms with Crippen LogP contribution >= 0.6 is 0 Å². The number of likely N-dealkylation sites (tertiary alicyclic amines) is 1. The predicted octanol–water partition coefficient (Wildman–Crippen LogP) is 3.26. The lowest BCUT2D eigenvalue weighted by molar-refractivity contribution is -0.139. The molecule has 3 heteroatoms. The first-order valence-corrected chi connectivity index (χ1v) is 9.81. The van der Waals surface area contributed by atoms with Gasteiger partial charge in [0.25, 0.3) is 0 Å². The summed E-state index contributed by atoms with van der Waals surface area (Å²) in [5, 5.41) is 0. The molecule has 24 heavy (non-hydrogen) atoms. The van der Waals surface area contributed by atoms with Crippen molar-refractivity contribution in [1.29, 1.82) is 0 Å². The van der Waals surface area contributed by atoms with E-state index in [0.29, 0.717) is 18.4 Å². The van der Waals surface area contributed by atoms with E-state index in [0.717, 1.165) is 32.4 Å². The predicted molar refractivity (Wildman–Crippen MR) is 96.8 cm³/mol. The van der Waals surface area contributed by atoms with Crippen molar-refractivity contribution in [2.24, 2.45) is 17.6 Å². The highest BCUT2D eigenvalue weighted by Crippen LogP contribution is 2.44. The number of carbonyl (C=O) groups is 1. The van der Waals surface area contributed by atoms with Crippen LogP contribution in [0.5, 0.6) is 0 Å². The normalized spacial score (nSPS) is 32.8. The van der Waals surface area contributed by atoms with E-state index < -0.39 is 0 Å². The van der Waals surface area contributed by atoms with Crippen LogP contribution in [0.25, 0.3) is 0 Å². The Morgan fingerprint density at radius 3 is 2.88 bits per heavy atom. The van der Waals surface area contributed by atoms with Crippen LogP contribution in [-0.4, -0.2) is 30.4 Å². The van der Waals surface area contributed by atoms with E-state index >= 15 is 0 Å². The van der Waals surface area contributed by atoms with E-state index in [1.54, 1.807) is 0 Å². The first-order chi connectivity index (χ1) is 11.7. The molecule has 1 saturated heterocycles. The molecule has 2 N–H and O–H groups in total. The van der Waals surface area contributed by atoms with Crippen molar-refractivity contribution in [3.05, 3.63) is 35.4 Å². The van der Waals surface area contributed by atoms with E-state index in [2.05, 4.69) is 29.2 Å². The van der Waals surface area contributed by atoms with E-state index in [-0.39, 0.29) is 11.3 Å². The van der Waals surface area contributed by atoms with Gasteiger partial charge < -0.3 is 10.6 Å². The van der Waals surface area contributed by atoms with Crippen LogP contribution in [0.15, 0.2) is 24.3 Å². The summed E-state index contributed by atoms with van der Waals surface area (Å²) in [5.41, 5.74) is 9.16. The number of hydrogen-bond donors (Lipinski definition) is 1. The van der Waals surface area contributed by atoms with Crippen LogP contribution in [0, 0.1) is 11.8 Å². The van der Waals surface area contributed by atoms with E-state index in [4.69, 9.17) is 5.73 Å². The second-order valence-electron chi connectivity index (χ2n) is 8.19. The molecule has 1 saturated carbocycles. The summed E-state index contributed by atoms with van der Waals surface area (Å²) in [5.74, 6) is 0.989. The monoisotopic (exact) mass is 326 g/mol. The van der Waals surface area contributed by atoms with Gasteiger partial charge in [-0.15, -0.1) is 0 Å². The number of hydrogen-bond acceptors (Lipinski definition) is 2. The van der Waals surface area contributed by atoms with Crippen LogP contribution < -0.4 is 5.73 Å². The van der Waals surface area contributed by atoms with Crippen molar-refractivity contribution < 1.29 is 4.79 Å². The van der Waals surface area contributed by atoms with Crippen LogP contribution in [-0.2, 0) is 16.6 Å². The maximum atomic E-state index is 13.2. The molecule has 3 aliphatic rings. The number of amides is 1. The molecular weight excluding hydrogens is 296 g/mol. The smallest absolute Gasteiger partial charge is 0.226 e. The average Bonchev–Trinajstić information content (AvgIpc) is 3.10. The summed E-state index contributed by atoms with van der Waals surface area (Å²) in [6.45, 7) is 2.53. The Morgan fingerprint density at radius 1 is 1.17 bits per heavy atom. The van der Waals surface area contributed by atoms with Crippen LogP contribution in [0.2, 0.25) is 0 Å². The molecule has 2 aliphatic carbocycles. The van der Waals surface area contributed by atoms with Crippen LogP contribution in [0.4, 0.5) is 0 Å². The summed E-state index contributed by atoms with van der Waals surface area (Å²) >= 11 is 0. The summed E-state index contributed by atoms with van der Waals surface area (Å²) < 4.78 is 0. The molecule has 1 amide bonds. The molecule has 2 fully saturated rings. The number of carbonyl (C=O) groups excluding carboxylic acids is 1. The third-order valence-corrected chi connectivity index (χ3v) is 6.86. The molecule has 1 unspecified atom stereocenters. The van der Waals surface area contributed by atoms with Crippen molar-refractivity contribution in [1.82, 2.24) is 4.90 Å². The van der Waals surface area contributed by atoms with Crippen molar-refractivity contribution in [2.75, 3.05) is 19.6 Å². The zero-order chi connectivity index (χ0) is 16.6. The van der Waals surface area contributed by atoms with Gasteiger partial charge in [-0.1, -0.05) is 30.7 Å². The Kier molecular flexibility index (Phi) is 4.38. The van der Waals surface area contributed by atoms with Gasteiger partial charge in [-0.25, -0.2) is 0 Å². The fourth-order valence-electron chi connectivity index (χ4n) is 5.63. The molecule has 1 aliphatic heterocycles. The summed E-state index contributed by atoms with van der Waals surface area (Å²) in [6.07, 6.45) is 9.41. The average molecular weight is 326 g/mol. The van der Waals surface area contributed by atoms with E-state index in [1.807, 2.05) is 0 Å². The number of rotatable bonds is 2. The summed E-state index contributed by atoms with van der Waals surface area (Å²) in [4.78, 5) is 15.4. The first kappa shape index (κ1) is 16.1. The molecule has 0 radical (unpaired) electrons. The standard InChI is InChI=1S/C21H30N2O/c22-14-17-7-3-9-18(17)20(24)23-13-5-12-21(15-23)11-4-8-16-6-1-2-10-19(16)21/h1-2,6,10,17-18H,3-5,7-9,11-15,22H2/t17-,18-,21?/m1/s1. The number of fused-ring (bicyclic) bond motifs is 2. The minimum absolute atomic E-state index is 0.184. The third-order valence-electron chi connectivity index (χ3n) is 6.86. The highest BCUT2D eigenvalue weighted by Gasteiger charge is 2.43. The van der Waals surface area contributed by atoms with E-state index in [9.17, 15) is 4.79 Å². The second kappa shape index (κ2) is 6.51. The molecule has 1 aromatic carbocycles. The second-order valence-corrected chi connectivity index (χ2v) is 8.19. The van der Waals surface area contributed by atoms with Crippen LogP contribution in [0.1, 0.15) is 56.1 Å². The first-order valence-electron chi connectivity index (χ1n) is 9.81. The molecule has 1 aromatic rings. The van der Waals surface area contributed by atoms with Crippen LogP contribution in [0.3, 0.4) is 0 Å². The Morgan fingerprint density at radius 2 is 2.00 bits per heavy atom. The minimum Gasteiger partial charge on any atom is -0.342 e. The maximum absolute atomic E-state index is 13.2. The lowest BCUT2D eigenvalue weighted by atomic mass is 9.65. The fraction of sp³-hybridized carbons (Fsp3) is 0.667. The maximum Gasteiger partial charge on any atom is 0.226 e. The highest BCUT2D eigenvalue weighted by molar-refractivity contribution is 5.80. The largest absolute Gasteiger partial charge is 0.342 e. The van der Waals surface area contributed by atoms with Gasteiger partial charge in [0, 0.05) is 24.4 Å².